The number of hydrogen-bond donors (Lipinski definition) is 7. The molecule has 2 aromatic rings. The highest BCUT2D eigenvalue weighted by atomic mass is 16.3. The van der Waals surface area contributed by atoms with Crippen molar-refractivity contribution in [1.82, 2.24) is 26.2 Å². The fourth-order valence-electron chi connectivity index (χ4n) is 5.13. The van der Waals surface area contributed by atoms with Crippen LogP contribution in [-0.2, 0) is 30.4 Å². The SMILES string of the molecule is CC(=O)N[C@@H](CCCCN)C(=O)N(C)[C@@H]1C(=O)N[C@@H](C)C(=O)N[C@H](C(=O)NCC#N)Cc2ccc(O)c(c2)-c2cc1ccc2O. The van der Waals surface area contributed by atoms with Crippen LogP contribution in [0, 0.1) is 11.3 Å². The number of aromatic hydroxyl groups is 2. The standard InChI is InChI=1S/C31H39N7O7/c1-17-28(42)37-24(29(43)34-13-12-33)15-19-7-9-25(40)21(14-19)22-16-20(8-10-26(22)41)27(30(44)35-17)38(3)31(45)23(36-18(2)39)6-4-5-11-32/h7-10,14,16-17,23-24,27,40-41H,4-6,11,13,15,32H2,1-3H3,(H,34,43)(H,35,44)(H,36,39)(H,37,42)/t17-,23-,24-,27-/m0/s1. The van der Waals surface area contributed by atoms with Crippen LogP contribution in [0.5, 0.6) is 11.5 Å². The monoisotopic (exact) mass is 621 g/mol. The molecule has 0 aromatic heterocycles. The molecule has 5 amide bonds. The first-order valence-electron chi connectivity index (χ1n) is 14.5. The lowest BCUT2D eigenvalue weighted by molar-refractivity contribution is -0.143. The number of likely N-dealkylation sites (N-methyl/N-ethyl adjacent to an activating group) is 1. The smallest absolute Gasteiger partial charge is 0.248 e. The van der Waals surface area contributed by atoms with Gasteiger partial charge < -0.3 is 42.1 Å². The molecule has 0 saturated heterocycles. The molecular formula is C31H39N7O7. The first kappa shape index (κ1) is 34.3. The molecule has 1 heterocycles. The van der Waals surface area contributed by atoms with E-state index in [0.29, 0.717) is 24.9 Å². The van der Waals surface area contributed by atoms with Crippen molar-refractivity contribution in [3.05, 3.63) is 47.5 Å². The second kappa shape index (κ2) is 15.5. The third-order valence-corrected chi connectivity index (χ3v) is 7.46. The van der Waals surface area contributed by atoms with E-state index in [2.05, 4.69) is 21.3 Å². The number of phenolic OH excluding ortho intramolecular Hbond substituents is 2. The molecule has 0 radical (unpaired) electrons. The number of nitrogens with two attached hydrogens (primary N) is 1. The summed E-state index contributed by atoms with van der Waals surface area (Å²) >= 11 is 0. The largest absolute Gasteiger partial charge is 0.507 e. The molecule has 4 atom stereocenters. The number of fused-ring (bicyclic) bond motifs is 5. The lowest BCUT2D eigenvalue weighted by Crippen LogP contribution is -2.55. The summed E-state index contributed by atoms with van der Waals surface area (Å²) in [4.78, 5) is 66.8. The number of nitriles is 1. The van der Waals surface area contributed by atoms with Crippen molar-refractivity contribution in [3.8, 4) is 28.7 Å². The molecule has 1 aliphatic heterocycles. The molecule has 2 aromatic carbocycles. The van der Waals surface area contributed by atoms with Gasteiger partial charge in [0.2, 0.25) is 29.5 Å². The Morgan fingerprint density at radius 1 is 1.07 bits per heavy atom. The minimum atomic E-state index is -1.35. The average Bonchev–Trinajstić information content (AvgIpc) is 2.99. The first-order chi connectivity index (χ1) is 21.4. The highest BCUT2D eigenvalue weighted by Crippen LogP contribution is 2.38. The second-order valence-corrected chi connectivity index (χ2v) is 10.9. The van der Waals surface area contributed by atoms with Gasteiger partial charge >= 0.3 is 0 Å². The Kier molecular flexibility index (Phi) is 11.8. The van der Waals surface area contributed by atoms with Crippen molar-refractivity contribution in [1.29, 1.82) is 5.26 Å². The third-order valence-electron chi connectivity index (χ3n) is 7.46. The van der Waals surface area contributed by atoms with Gasteiger partial charge in [-0.05, 0) is 68.1 Å². The van der Waals surface area contributed by atoms with Crippen LogP contribution < -0.4 is 27.0 Å². The van der Waals surface area contributed by atoms with E-state index in [9.17, 15) is 34.2 Å². The van der Waals surface area contributed by atoms with Gasteiger partial charge in [-0.3, -0.25) is 24.0 Å². The summed E-state index contributed by atoms with van der Waals surface area (Å²) in [6.07, 6.45) is 1.38. The van der Waals surface area contributed by atoms with Crippen molar-refractivity contribution in [2.24, 2.45) is 5.73 Å². The molecule has 45 heavy (non-hydrogen) atoms. The molecule has 8 N–H and O–H groups in total. The van der Waals surface area contributed by atoms with E-state index in [1.807, 2.05) is 0 Å². The highest BCUT2D eigenvalue weighted by Gasteiger charge is 2.35. The predicted octanol–water partition coefficient (Wildman–Crippen LogP) is 0.0834. The van der Waals surface area contributed by atoms with Crippen molar-refractivity contribution in [2.75, 3.05) is 20.1 Å². The predicted molar refractivity (Wildman–Crippen MR) is 163 cm³/mol. The van der Waals surface area contributed by atoms with Gasteiger partial charge in [0.15, 0.2) is 0 Å². The van der Waals surface area contributed by atoms with Crippen LogP contribution in [0.25, 0.3) is 11.1 Å². The minimum Gasteiger partial charge on any atom is -0.507 e. The van der Waals surface area contributed by atoms with E-state index >= 15 is 0 Å². The van der Waals surface area contributed by atoms with Crippen LogP contribution in [0.4, 0.5) is 0 Å². The van der Waals surface area contributed by atoms with E-state index in [1.165, 1.54) is 51.2 Å². The molecule has 240 valence electrons. The fraction of sp³-hybridized carbons (Fsp3) is 0.419. The van der Waals surface area contributed by atoms with Crippen LogP contribution in [0.2, 0.25) is 0 Å². The van der Waals surface area contributed by atoms with Gasteiger partial charge in [0.05, 0.1) is 6.07 Å². The fourth-order valence-corrected chi connectivity index (χ4v) is 5.13. The summed E-state index contributed by atoms with van der Waals surface area (Å²) in [6.45, 7) is 2.79. The molecule has 0 unspecified atom stereocenters. The Balaban J connectivity index is 2.15. The Labute approximate surface area is 261 Å². The molecule has 0 spiro atoms. The number of unbranched alkanes of at least 4 members (excludes halogenated alkanes) is 1. The lowest BCUT2D eigenvalue weighted by Gasteiger charge is -2.32. The molecule has 14 nitrogen and oxygen atoms in total. The molecule has 0 saturated carbocycles. The maximum Gasteiger partial charge on any atom is 0.248 e. The van der Waals surface area contributed by atoms with Gasteiger partial charge in [-0.15, -0.1) is 0 Å². The van der Waals surface area contributed by atoms with E-state index in [4.69, 9.17) is 11.0 Å². The quantitative estimate of drug-likeness (QED) is 0.148. The second-order valence-electron chi connectivity index (χ2n) is 10.9. The zero-order valence-electron chi connectivity index (χ0n) is 25.4. The number of rotatable bonds is 9. The van der Waals surface area contributed by atoms with Gasteiger partial charge in [-0.25, -0.2) is 0 Å². The number of benzene rings is 2. The number of nitrogens with zero attached hydrogens (tertiary/aromatic N) is 2. The van der Waals surface area contributed by atoms with Gasteiger partial charge in [0.1, 0.15) is 42.2 Å². The van der Waals surface area contributed by atoms with Crippen LogP contribution in [0.15, 0.2) is 36.4 Å². The zero-order valence-corrected chi connectivity index (χ0v) is 25.4. The third kappa shape index (κ3) is 8.70. The topological polar surface area (TPSA) is 227 Å². The maximum atomic E-state index is 13.9. The zero-order chi connectivity index (χ0) is 33.3. The first-order valence-corrected chi connectivity index (χ1v) is 14.5. The Bertz CT molecular complexity index is 1490. The van der Waals surface area contributed by atoms with Crippen molar-refractivity contribution in [2.45, 2.75) is 63.7 Å². The van der Waals surface area contributed by atoms with Crippen molar-refractivity contribution >= 4 is 29.5 Å². The lowest BCUT2D eigenvalue weighted by atomic mass is 9.93. The van der Waals surface area contributed by atoms with Crippen LogP contribution >= 0.6 is 0 Å². The number of nitrogens with one attached hydrogen (secondary N) is 4. The summed E-state index contributed by atoms with van der Waals surface area (Å²) in [7, 11) is 1.39. The van der Waals surface area contributed by atoms with Crippen molar-refractivity contribution in [3.63, 3.8) is 0 Å². The van der Waals surface area contributed by atoms with Crippen LogP contribution in [0.3, 0.4) is 0 Å². The van der Waals surface area contributed by atoms with E-state index in [1.54, 1.807) is 12.1 Å². The van der Waals surface area contributed by atoms with Crippen LogP contribution in [-0.4, -0.2) is 82.9 Å². The number of phenols is 2. The number of amides is 5. The summed E-state index contributed by atoms with van der Waals surface area (Å²) in [5.74, 6) is -3.55. The van der Waals surface area contributed by atoms with Crippen LogP contribution in [0.1, 0.15) is 50.3 Å². The molecule has 0 fully saturated rings. The number of carbonyl (C=O) groups is 5. The van der Waals surface area contributed by atoms with Gasteiger partial charge in [0.25, 0.3) is 0 Å². The summed E-state index contributed by atoms with van der Waals surface area (Å²) in [5.41, 5.74) is 6.68. The molecular weight excluding hydrogens is 582 g/mol. The normalized spacial score (nSPS) is 18.7. The summed E-state index contributed by atoms with van der Waals surface area (Å²) < 4.78 is 0. The Hall–Kier alpha value is -5.16. The Morgan fingerprint density at radius 2 is 1.73 bits per heavy atom. The average molecular weight is 622 g/mol. The molecule has 4 bridgehead atoms. The number of carbonyl (C=O) groups excluding carboxylic acids is 5. The Morgan fingerprint density at radius 3 is 2.38 bits per heavy atom. The minimum absolute atomic E-state index is 0.0358. The maximum absolute atomic E-state index is 13.9. The molecule has 1 aliphatic rings. The molecule has 14 heteroatoms. The van der Waals surface area contributed by atoms with E-state index < -0.39 is 53.7 Å². The number of hydrogen-bond acceptors (Lipinski definition) is 9. The molecule has 0 aliphatic carbocycles. The van der Waals surface area contributed by atoms with Crippen molar-refractivity contribution < 1.29 is 34.2 Å². The van der Waals surface area contributed by atoms with E-state index in [0.717, 1.165) is 4.90 Å². The van der Waals surface area contributed by atoms with Gasteiger partial charge in [-0.2, -0.15) is 5.26 Å². The summed E-state index contributed by atoms with van der Waals surface area (Å²) in [6, 6.07) is 5.85. The summed E-state index contributed by atoms with van der Waals surface area (Å²) in [5, 5.41) is 40.8. The highest BCUT2D eigenvalue weighted by molar-refractivity contribution is 5.96. The van der Waals surface area contributed by atoms with Gasteiger partial charge in [0, 0.05) is 31.5 Å². The molecule has 3 rings (SSSR count). The van der Waals surface area contributed by atoms with Gasteiger partial charge in [-0.1, -0.05) is 12.1 Å². The van der Waals surface area contributed by atoms with E-state index in [-0.39, 0.29) is 47.6 Å².